The quantitative estimate of drug-likeness (QED) is 0.892. The van der Waals surface area contributed by atoms with E-state index in [1.54, 1.807) is 6.07 Å². The van der Waals surface area contributed by atoms with Crippen molar-refractivity contribution in [2.24, 2.45) is 0 Å². The molecule has 0 aromatic heterocycles. The van der Waals surface area contributed by atoms with Crippen LogP contribution in [0.4, 0.5) is 5.69 Å². The van der Waals surface area contributed by atoms with E-state index < -0.39 is 9.84 Å². The second-order valence-electron chi connectivity index (χ2n) is 4.22. The normalized spacial score (nSPS) is 22.3. The number of rotatable bonds is 2. The van der Waals surface area contributed by atoms with Gasteiger partial charge >= 0.3 is 0 Å². The summed E-state index contributed by atoms with van der Waals surface area (Å²) in [6.07, 6.45) is 0. The van der Waals surface area contributed by atoms with Crippen molar-refractivity contribution in [3.8, 4) is 0 Å². The molecule has 1 N–H and O–H groups in total. The maximum absolute atomic E-state index is 12.2. The average Bonchev–Trinajstić information content (AvgIpc) is 2.26. The number of anilines is 1. The summed E-state index contributed by atoms with van der Waals surface area (Å²) in [4.78, 5) is 2.45. The topological polar surface area (TPSA) is 49.4 Å². The highest BCUT2D eigenvalue weighted by atomic mass is 79.9. The van der Waals surface area contributed by atoms with E-state index in [4.69, 9.17) is 0 Å². The van der Waals surface area contributed by atoms with Crippen LogP contribution in [-0.2, 0) is 9.84 Å². The Bertz CT molecular complexity index is 530. The molecule has 0 saturated carbocycles. The van der Waals surface area contributed by atoms with Gasteiger partial charge in [-0.25, -0.2) is 8.42 Å². The molecular weight excluding hydrogens is 304 g/mol. The van der Waals surface area contributed by atoms with Crippen molar-refractivity contribution in [1.29, 1.82) is 0 Å². The van der Waals surface area contributed by atoms with Crippen molar-refractivity contribution in [3.05, 3.63) is 22.7 Å². The highest BCUT2D eigenvalue weighted by molar-refractivity contribution is 9.10. The number of hydrogen-bond donors (Lipinski definition) is 1. The molecular formula is C11H15BrN2O2S. The van der Waals surface area contributed by atoms with Crippen molar-refractivity contribution >= 4 is 31.5 Å². The molecule has 1 aliphatic heterocycles. The first-order chi connectivity index (χ1) is 7.95. The molecule has 4 nitrogen and oxygen atoms in total. The van der Waals surface area contributed by atoms with E-state index in [0.29, 0.717) is 11.4 Å². The van der Waals surface area contributed by atoms with Gasteiger partial charge in [-0.2, -0.15) is 0 Å². The molecule has 1 aromatic carbocycles. The van der Waals surface area contributed by atoms with Gasteiger partial charge in [0.15, 0.2) is 9.84 Å². The fourth-order valence-electron chi connectivity index (χ4n) is 2.11. The summed E-state index contributed by atoms with van der Waals surface area (Å²) in [5, 5.41) is 3.03. The summed E-state index contributed by atoms with van der Waals surface area (Å²) >= 11 is 3.31. The van der Waals surface area contributed by atoms with Crippen LogP contribution in [0.15, 0.2) is 27.6 Å². The molecule has 0 bridgehead atoms. The lowest BCUT2D eigenvalue weighted by Crippen LogP contribution is -2.47. The molecule has 94 valence electrons. The Morgan fingerprint density at radius 3 is 2.88 bits per heavy atom. The highest BCUT2D eigenvalue weighted by Crippen LogP contribution is 2.34. The Labute approximate surface area is 110 Å². The Morgan fingerprint density at radius 2 is 2.24 bits per heavy atom. The van der Waals surface area contributed by atoms with Gasteiger partial charge < -0.3 is 10.2 Å². The van der Waals surface area contributed by atoms with E-state index in [1.807, 2.05) is 31.1 Å². The van der Waals surface area contributed by atoms with Crippen LogP contribution < -0.4 is 10.2 Å². The van der Waals surface area contributed by atoms with E-state index >= 15 is 0 Å². The van der Waals surface area contributed by atoms with Gasteiger partial charge in [-0.3, -0.25) is 0 Å². The van der Waals surface area contributed by atoms with E-state index in [9.17, 15) is 8.42 Å². The number of halogens is 1. The maximum Gasteiger partial charge on any atom is 0.182 e. The number of fused-ring (bicyclic) bond motifs is 1. The third-order valence-corrected chi connectivity index (χ3v) is 5.35. The summed E-state index contributed by atoms with van der Waals surface area (Å²) in [6, 6.07) is 5.38. The lowest BCUT2D eigenvalue weighted by atomic mass is 10.2. The Kier molecular flexibility index (Phi) is 3.47. The summed E-state index contributed by atoms with van der Waals surface area (Å²) in [6.45, 7) is 0.658. The van der Waals surface area contributed by atoms with Crippen LogP contribution in [0.1, 0.15) is 0 Å². The van der Waals surface area contributed by atoms with Crippen LogP contribution in [0, 0.1) is 0 Å². The second kappa shape index (κ2) is 4.59. The number of nitrogens with zero attached hydrogens (tertiary/aromatic N) is 1. The maximum atomic E-state index is 12.2. The first-order valence-corrected chi connectivity index (χ1v) is 7.80. The minimum atomic E-state index is -3.18. The van der Waals surface area contributed by atoms with Crippen molar-refractivity contribution in [1.82, 2.24) is 5.32 Å². The highest BCUT2D eigenvalue weighted by Gasteiger charge is 2.33. The van der Waals surface area contributed by atoms with Crippen LogP contribution in [0.3, 0.4) is 0 Å². The number of benzene rings is 1. The van der Waals surface area contributed by atoms with Gasteiger partial charge in [0.1, 0.15) is 0 Å². The zero-order valence-corrected chi connectivity index (χ0v) is 12.2. The number of sulfone groups is 1. The van der Waals surface area contributed by atoms with Crippen LogP contribution in [0.5, 0.6) is 0 Å². The molecule has 0 aliphatic carbocycles. The molecule has 0 fully saturated rings. The van der Waals surface area contributed by atoms with Crippen molar-refractivity contribution in [3.63, 3.8) is 0 Å². The van der Waals surface area contributed by atoms with Crippen molar-refractivity contribution < 1.29 is 8.42 Å². The predicted octanol–water partition coefficient (Wildman–Crippen LogP) is 1.26. The monoisotopic (exact) mass is 318 g/mol. The Hall–Kier alpha value is -0.590. The van der Waals surface area contributed by atoms with E-state index in [1.165, 1.54) is 0 Å². The van der Waals surface area contributed by atoms with Crippen LogP contribution >= 0.6 is 15.9 Å². The lowest BCUT2D eigenvalue weighted by Gasteiger charge is -2.35. The lowest BCUT2D eigenvalue weighted by molar-refractivity contribution is 0.561. The molecule has 1 aliphatic rings. The zero-order chi connectivity index (χ0) is 12.6. The van der Waals surface area contributed by atoms with E-state index in [-0.39, 0.29) is 11.8 Å². The summed E-state index contributed by atoms with van der Waals surface area (Å²) < 4.78 is 25.2. The predicted molar refractivity (Wildman–Crippen MR) is 72.3 cm³/mol. The molecule has 1 heterocycles. The van der Waals surface area contributed by atoms with E-state index in [2.05, 4.69) is 21.2 Å². The molecule has 0 radical (unpaired) electrons. The van der Waals surface area contributed by atoms with Crippen LogP contribution in [0.25, 0.3) is 0 Å². The number of likely N-dealkylation sites (N-methyl/N-ethyl adjacent to an activating group) is 2. The summed E-state index contributed by atoms with van der Waals surface area (Å²) in [5.74, 6) is 0.161. The minimum Gasteiger partial charge on any atom is -0.368 e. The summed E-state index contributed by atoms with van der Waals surface area (Å²) in [5.41, 5.74) is 0.778. The molecule has 1 aromatic rings. The Morgan fingerprint density at radius 1 is 1.53 bits per heavy atom. The third-order valence-electron chi connectivity index (χ3n) is 3.04. The fourth-order valence-corrected chi connectivity index (χ4v) is 4.49. The molecule has 0 spiro atoms. The molecule has 17 heavy (non-hydrogen) atoms. The van der Waals surface area contributed by atoms with Crippen molar-refractivity contribution in [2.45, 2.75) is 10.9 Å². The van der Waals surface area contributed by atoms with Crippen molar-refractivity contribution in [2.75, 3.05) is 31.3 Å². The minimum absolute atomic E-state index is 0.0151. The van der Waals surface area contributed by atoms with Crippen LogP contribution in [-0.4, -0.2) is 40.9 Å². The summed E-state index contributed by atoms with van der Waals surface area (Å²) in [7, 11) is 0.584. The SMILES string of the molecule is CNCC1CS(=O)(=O)c2cc(Br)ccc2N1C. The standard InChI is InChI=1S/C11H15BrN2O2S/c1-13-6-9-7-17(15,16)11-5-8(12)3-4-10(11)14(9)2/h3-5,9,13H,6-7H2,1-2H3. The molecule has 1 atom stereocenters. The fraction of sp³-hybridized carbons (Fsp3) is 0.455. The largest absolute Gasteiger partial charge is 0.368 e. The van der Waals surface area contributed by atoms with Gasteiger partial charge in [0.2, 0.25) is 0 Å². The van der Waals surface area contributed by atoms with E-state index in [0.717, 1.165) is 10.2 Å². The number of hydrogen-bond acceptors (Lipinski definition) is 4. The first kappa shape index (κ1) is 12.9. The average molecular weight is 319 g/mol. The molecule has 0 amide bonds. The van der Waals surface area contributed by atoms with Gasteiger partial charge in [0, 0.05) is 18.1 Å². The zero-order valence-electron chi connectivity index (χ0n) is 9.77. The van der Waals surface area contributed by atoms with Gasteiger partial charge in [-0.05, 0) is 25.2 Å². The molecule has 6 heteroatoms. The van der Waals surface area contributed by atoms with Gasteiger partial charge in [0.05, 0.1) is 22.4 Å². The Balaban J connectivity index is 2.53. The molecule has 2 rings (SSSR count). The second-order valence-corrected chi connectivity index (χ2v) is 7.13. The van der Waals surface area contributed by atoms with Gasteiger partial charge in [-0.15, -0.1) is 0 Å². The first-order valence-electron chi connectivity index (χ1n) is 5.35. The number of nitrogens with one attached hydrogen (secondary N) is 1. The molecule has 1 unspecified atom stereocenters. The third kappa shape index (κ3) is 2.34. The molecule has 0 saturated heterocycles. The smallest absolute Gasteiger partial charge is 0.182 e. The van der Waals surface area contributed by atoms with Gasteiger partial charge in [0.25, 0.3) is 0 Å². The van der Waals surface area contributed by atoms with Gasteiger partial charge in [-0.1, -0.05) is 15.9 Å². The van der Waals surface area contributed by atoms with Crippen LogP contribution in [0.2, 0.25) is 0 Å².